The molecule has 2 aromatic heterocycles. The summed E-state index contributed by atoms with van der Waals surface area (Å²) in [6.07, 6.45) is 0. The zero-order valence-electron chi connectivity index (χ0n) is 15.9. The third-order valence-corrected chi connectivity index (χ3v) is 5.45. The minimum atomic E-state index is -0.0832. The molecule has 1 aliphatic heterocycles. The highest BCUT2D eigenvalue weighted by atomic mass is 32.2. The third-order valence-electron chi connectivity index (χ3n) is 4.53. The molecular formula is C19H22N6O2S. The molecule has 4 rings (SSSR count). The maximum Gasteiger partial charge on any atom is 0.256 e. The van der Waals surface area contributed by atoms with Gasteiger partial charge in [-0.3, -0.25) is 9.20 Å². The van der Waals surface area contributed by atoms with Gasteiger partial charge in [0.15, 0.2) is 5.16 Å². The van der Waals surface area contributed by atoms with E-state index in [2.05, 4.69) is 25.4 Å². The van der Waals surface area contributed by atoms with Crippen molar-refractivity contribution in [3.05, 3.63) is 41.7 Å². The van der Waals surface area contributed by atoms with Gasteiger partial charge < -0.3 is 15.0 Å². The van der Waals surface area contributed by atoms with Crippen LogP contribution < -0.4 is 10.2 Å². The van der Waals surface area contributed by atoms with Crippen molar-refractivity contribution < 1.29 is 9.53 Å². The molecular weight excluding hydrogens is 376 g/mol. The van der Waals surface area contributed by atoms with Gasteiger partial charge in [-0.2, -0.15) is 0 Å². The van der Waals surface area contributed by atoms with Crippen molar-refractivity contribution >= 4 is 34.8 Å². The van der Waals surface area contributed by atoms with Crippen molar-refractivity contribution in [2.45, 2.75) is 19.0 Å². The summed E-state index contributed by atoms with van der Waals surface area (Å²) in [5.41, 5.74) is 3.72. The molecule has 0 unspecified atom stereocenters. The highest BCUT2D eigenvalue weighted by Crippen LogP contribution is 2.27. The minimum absolute atomic E-state index is 0.0832. The molecule has 8 nitrogen and oxygen atoms in total. The first-order chi connectivity index (χ1) is 13.6. The summed E-state index contributed by atoms with van der Waals surface area (Å²) < 4.78 is 7.29. The maximum atomic E-state index is 12.6. The number of aromatic nitrogens is 4. The van der Waals surface area contributed by atoms with E-state index in [-0.39, 0.29) is 11.7 Å². The van der Waals surface area contributed by atoms with E-state index in [0.717, 1.165) is 35.9 Å². The summed E-state index contributed by atoms with van der Waals surface area (Å²) in [6, 6.07) is 9.83. The number of nitrogens with zero attached hydrogens (tertiary/aromatic N) is 5. The van der Waals surface area contributed by atoms with Crippen LogP contribution in [-0.2, 0) is 9.53 Å². The van der Waals surface area contributed by atoms with Gasteiger partial charge in [0.1, 0.15) is 0 Å². The Morgan fingerprint density at radius 1 is 1.21 bits per heavy atom. The van der Waals surface area contributed by atoms with E-state index in [0.29, 0.717) is 24.1 Å². The lowest BCUT2D eigenvalue weighted by Crippen LogP contribution is -2.36. The standard InChI is InChI=1S/C19H22N6O2S/c1-13-11-14(2)25-18(20-13)22-23-19(25)28-12-17(26)21-15-5-3-4-6-16(15)24-7-9-27-10-8-24/h3-6,11H,7-10,12H2,1-2H3,(H,21,26). The van der Waals surface area contributed by atoms with Gasteiger partial charge in [0, 0.05) is 24.5 Å². The number of benzene rings is 1. The zero-order valence-corrected chi connectivity index (χ0v) is 16.7. The average Bonchev–Trinajstić information content (AvgIpc) is 3.10. The number of anilines is 2. The summed E-state index contributed by atoms with van der Waals surface area (Å²) in [6.45, 7) is 6.94. The number of hydrogen-bond acceptors (Lipinski definition) is 7. The Morgan fingerprint density at radius 2 is 2.00 bits per heavy atom. The number of hydrogen-bond donors (Lipinski definition) is 1. The molecule has 0 atom stereocenters. The number of nitrogens with one attached hydrogen (secondary N) is 1. The monoisotopic (exact) mass is 398 g/mol. The van der Waals surface area contributed by atoms with E-state index in [1.165, 1.54) is 11.8 Å². The molecule has 0 bridgehead atoms. The Morgan fingerprint density at radius 3 is 2.82 bits per heavy atom. The number of rotatable bonds is 5. The van der Waals surface area contributed by atoms with Crippen LogP contribution in [0.1, 0.15) is 11.4 Å². The minimum Gasteiger partial charge on any atom is -0.378 e. The van der Waals surface area contributed by atoms with E-state index in [1.54, 1.807) is 0 Å². The summed E-state index contributed by atoms with van der Waals surface area (Å²) in [5.74, 6) is 0.712. The van der Waals surface area contributed by atoms with E-state index in [4.69, 9.17) is 4.74 Å². The molecule has 3 heterocycles. The molecule has 0 saturated carbocycles. The molecule has 1 fully saturated rings. The number of amides is 1. The van der Waals surface area contributed by atoms with Crippen molar-refractivity contribution in [3.8, 4) is 0 Å². The Kier molecular flexibility index (Phi) is 5.45. The molecule has 0 spiro atoms. The molecule has 1 aromatic carbocycles. The van der Waals surface area contributed by atoms with Gasteiger partial charge in [0.25, 0.3) is 5.78 Å². The molecule has 1 amide bonds. The number of carbonyl (C=O) groups is 1. The van der Waals surface area contributed by atoms with Crippen molar-refractivity contribution in [2.75, 3.05) is 42.3 Å². The number of aryl methyl sites for hydroxylation is 2. The largest absolute Gasteiger partial charge is 0.378 e. The Bertz CT molecular complexity index is 999. The van der Waals surface area contributed by atoms with E-state index in [9.17, 15) is 4.79 Å². The lowest BCUT2D eigenvalue weighted by molar-refractivity contribution is -0.113. The predicted octanol–water partition coefficient (Wildman–Crippen LogP) is 2.31. The van der Waals surface area contributed by atoms with Gasteiger partial charge in [0.05, 0.1) is 30.3 Å². The third kappa shape index (κ3) is 3.95. The first-order valence-corrected chi connectivity index (χ1v) is 10.1. The lowest BCUT2D eigenvalue weighted by atomic mass is 10.2. The van der Waals surface area contributed by atoms with E-state index < -0.39 is 0 Å². The van der Waals surface area contributed by atoms with Crippen LogP contribution in [0.5, 0.6) is 0 Å². The van der Waals surface area contributed by atoms with Crippen LogP contribution in [0.4, 0.5) is 11.4 Å². The molecule has 3 aromatic rings. The van der Waals surface area contributed by atoms with Crippen molar-refractivity contribution in [2.24, 2.45) is 0 Å². The second-order valence-electron chi connectivity index (χ2n) is 6.61. The smallest absolute Gasteiger partial charge is 0.256 e. The molecule has 146 valence electrons. The van der Waals surface area contributed by atoms with E-state index >= 15 is 0 Å². The Labute approximate surface area is 167 Å². The Balaban J connectivity index is 1.45. The summed E-state index contributed by atoms with van der Waals surface area (Å²) in [7, 11) is 0. The fourth-order valence-electron chi connectivity index (χ4n) is 3.27. The first kappa shape index (κ1) is 18.7. The SMILES string of the molecule is Cc1cc(C)n2c(SCC(=O)Nc3ccccc3N3CCOCC3)nnc2n1. The fraction of sp³-hybridized carbons (Fsp3) is 0.368. The van der Waals surface area contributed by atoms with Crippen molar-refractivity contribution in [3.63, 3.8) is 0 Å². The van der Waals surface area contributed by atoms with Crippen molar-refractivity contribution in [1.29, 1.82) is 0 Å². The number of morpholine rings is 1. The van der Waals surface area contributed by atoms with Crippen LogP contribution in [0.25, 0.3) is 5.78 Å². The molecule has 1 N–H and O–H groups in total. The van der Waals surface area contributed by atoms with Gasteiger partial charge in [0.2, 0.25) is 5.91 Å². The molecule has 28 heavy (non-hydrogen) atoms. The zero-order chi connectivity index (χ0) is 19.5. The van der Waals surface area contributed by atoms with Crippen LogP contribution in [0.2, 0.25) is 0 Å². The number of thioether (sulfide) groups is 1. The summed E-state index contributed by atoms with van der Waals surface area (Å²) in [5, 5.41) is 12.0. The predicted molar refractivity (Wildman–Crippen MR) is 109 cm³/mol. The van der Waals surface area contributed by atoms with Gasteiger partial charge in [-0.1, -0.05) is 23.9 Å². The van der Waals surface area contributed by atoms with Crippen LogP contribution in [0.3, 0.4) is 0 Å². The lowest BCUT2D eigenvalue weighted by Gasteiger charge is -2.30. The normalized spacial score (nSPS) is 14.4. The number of carbonyl (C=O) groups excluding carboxylic acids is 1. The molecule has 0 radical (unpaired) electrons. The molecule has 1 saturated heterocycles. The quantitative estimate of drug-likeness (QED) is 0.660. The highest BCUT2D eigenvalue weighted by molar-refractivity contribution is 7.99. The van der Waals surface area contributed by atoms with Crippen LogP contribution in [0, 0.1) is 13.8 Å². The van der Waals surface area contributed by atoms with E-state index in [1.807, 2.05) is 48.6 Å². The molecule has 1 aliphatic rings. The molecule has 9 heteroatoms. The highest BCUT2D eigenvalue weighted by Gasteiger charge is 2.17. The topological polar surface area (TPSA) is 84.7 Å². The van der Waals surface area contributed by atoms with Gasteiger partial charge in [-0.25, -0.2) is 4.98 Å². The van der Waals surface area contributed by atoms with Crippen LogP contribution in [0.15, 0.2) is 35.5 Å². The number of ether oxygens (including phenoxy) is 1. The van der Waals surface area contributed by atoms with Crippen LogP contribution >= 0.6 is 11.8 Å². The van der Waals surface area contributed by atoms with Gasteiger partial charge in [-0.05, 0) is 32.0 Å². The second kappa shape index (κ2) is 8.15. The van der Waals surface area contributed by atoms with Crippen LogP contribution in [-0.4, -0.2) is 57.5 Å². The average molecular weight is 398 g/mol. The van der Waals surface area contributed by atoms with Gasteiger partial charge >= 0.3 is 0 Å². The second-order valence-corrected chi connectivity index (χ2v) is 7.55. The molecule has 0 aliphatic carbocycles. The van der Waals surface area contributed by atoms with Crippen molar-refractivity contribution in [1.82, 2.24) is 19.6 Å². The summed E-state index contributed by atoms with van der Waals surface area (Å²) >= 11 is 1.35. The van der Waals surface area contributed by atoms with Gasteiger partial charge in [-0.15, -0.1) is 10.2 Å². The summed E-state index contributed by atoms with van der Waals surface area (Å²) in [4.78, 5) is 19.2. The first-order valence-electron chi connectivity index (χ1n) is 9.15. The number of para-hydroxylation sites is 2. The Hall–Kier alpha value is -2.65. The maximum absolute atomic E-state index is 12.6. The fourth-order valence-corrected chi connectivity index (χ4v) is 4.06. The number of fused-ring (bicyclic) bond motifs is 1.